The number of hydrazone groups is 1. The predicted octanol–water partition coefficient (Wildman–Crippen LogP) is 6.21. The van der Waals surface area contributed by atoms with E-state index in [1.807, 2.05) is 0 Å². The molecule has 0 radical (unpaired) electrons. The second-order valence-electron chi connectivity index (χ2n) is 6.41. The Hall–Kier alpha value is -3.52. The molecule has 0 unspecified atom stereocenters. The maximum atomic E-state index is 12.5. The van der Waals surface area contributed by atoms with Gasteiger partial charge >= 0.3 is 18.5 Å². The molecule has 2 aromatic carbocycles. The summed E-state index contributed by atoms with van der Waals surface area (Å²) in [6.07, 6.45) is -8.21. The molecule has 0 atom stereocenters. The molecule has 35 heavy (non-hydrogen) atoms. The van der Waals surface area contributed by atoms with E-state index in [9.17, 15) is 26.3 Å². The standard InChI is InChI=1S/C19H12Cl2F6N6O2/c20-13-6-1-10(7-14(13)21)8-28-33-16-30-15(31-17(32-16)34-9-18(22,23)24)29-11-2-4-12(5-3-11)35-19(25,26)27/h1-8H,9H2,(H2,29,30,31,32,33)/b28-8+. The van der Waals surface area contributed by atoms with Crippen LogP contribution < -0.4 is 20.2 Å². The highest BCUT2D eigenvalue weighted by molar-refractivity contribution is 6.42. The van der Waals surface area contributed by atoms with Crippen molar-refractivity contribution in [3.63, 3.8) is 0 Å². The van der Waals surface area contributed by atoms with E-state index in [2.05, 4.69) is 40.3 Å². The van der Waals surface area contributed by atoms with Gasteiger partial charge in [-0.25, -0.2) is 5.43 Å². The smallest absolute Gasteiger partial charge is 0.454 e. The number of hydrogen-bond donors (Lipinski definition) is 2. The van der Waals surface area contributed by atoms with E-state index in [4.69, 9.17) is 23.2 Å². The van der Waals surface area contributed by atoms with Gasteiger partial charge in [0, 0.05) is 5.69 Å². The molecule has 3 rings (SSSR count). The van der Waals surface area contributed by atoms with E-state index in [-0.39, 0.29) is 22.6 Å². The van der Waals surface area contributed by atoms with Crippen LogP contribution in [-0.2, 0) is 0 Å². The Bertz CT molecular complexity index is 1190. The van der Waals surface area contributed by atoms with E-state index in [1.165, 1.54) is 30.5 Å². The highest BCUT2D eigenvalue weighted by Crippen LogP contribution is 2.26. The largest absolute Gasteiger partial charge is 0.573 e. The van der Waals surface area contributed by atoms with Crippen LogP contribution in [0.15, 0.2) is 47.6 Å². The van der Waals surface area contributed by atoms with Crippen LogP contribution in [0.2, 0.25) is 10.0 Å². The molecule has 0 bridgehead atoms. The first-order valence-corrected chi connectivity index (χ1v) is 9.94. The third-order valence-corrected chi connectivity index (χ3v) is 4.38. The molecule has 0 spiro atoms. The van der Waals surface area contributed by atoms with Gasteiger partial charge in [-0.15, -0.1) is 13.2 Å². The Labute approximate surface area is 202 Å². The van der Waals surface area contributed by atoms with E-state index in [0.29, 0.717) is 10.6 Å². The summed E-state index contributed by atoms with van der Waals surface area (Å²) in [4.78, 5) is 11.3. The molecule has 0 aliphatic rings. The van der Waals surface area contributed by atoms with Gasteiger partial charge in [0.25, 0.3) is 5.95 Å². The third kappa shape index (κ3) is 8.98. The Morgan fingerprint density at radius 3 is 2.20 bits per heavy atom. The van der Waals surface area contributed by atoms with Gasteiger partial charge < -0.3 is 14.8 Å². The van der Waals surface area contributed by atoms with Crippen molar-refractivity contribution >= 4 is 47.0 Å². The van der Waals surface area contributed by atoms with Crippen LogP contribution in [0.4, 0.5) is 43.9 Å². The lowest BCUT2D eigenvalue weighted by atomic mass is 10.2. The lowest BCUT2D eigenvalue weighted by Crippen LogP contribution is -2.20. The molecular formula is C19H12Cl2F6N6O2. The average Bonchev–Trinajstić information content (AvgIpc) is 2.75. The summed E-state index contributed by atoms with van der Waals surface area (Å²) in [6.45, 7) is -1.67. The van der Waals surface area contributed by atoms with Gasteiger partial charge in [0.2, 0.25) is 5.95 Å². The minimum absolute atomic E-state index is 0.192. The summed E-state index contributed by atoms with van der Waals surface area (Å²) < 4.78 is 82.8. The molecule has 2 N–H and O–H groups in total. The molecule has 0 fully saturated rings. The van der Waals surface area contributed by atoms with Gasteiger partial charge in [-0.1, -0.05) is 29.3 Å². The molecular weight excluding hydrogens is 529 g/mol. The first kappa shape index (κ1) is 26.1. The molecule has 1 heterocycles. The van der Waals surface area contributed by atoms with Gasteiger partial charge in [-0.05, 0) is 42.0 Å². The fourth-order valence-corrected chi connectivity index (χ4v) is 2.61. The second kappa shape index (κ2) is 10.8. The molecule has 186 valence electrons. The minimum Gasteiger partial charge on any atom is -0.454 e. The number of aromatic nitrogens is 3. The number of anilines is 3. The molecule has 0 amide bonds. The zero-order valence-electron chi connectivity index (χ0n) is 17.0. The highest BCUT2D eigenvalue weighted by Gasteiger charge is 2.31. The summed E-state index contributed by atoms with van der Waals surface area (Å²) in [5.74, 6) is -1.06. The topological polar surface area (TPSA) is 93.5 Å². The van der Waals surface area contributed by atoms with E-state index < -0.39 is 30.9 Å². The van der Waals surface area contributed by atoms with Gasteiger partial charge in [0.15, 0.2) is 6.61 Å². The van der Waals surface area contributed by atoms with Crippen LogP contribution in [0.25, 0.3) is 0 Å². The number of benzene rings is 2. The zero-order chi connectivity index (χ0) is 25.6. The van der Waals surface area contributed by atoms with Crippen molar-refractivity contribution < 1.29 is 35.8 Å². The van der Waals surface area contributed by atoms with Crippen molar-refractivity contribution in [1.29, 1.82) is 0 Å². The van der Waals surface area contributed by atoms with E-state index >= 15 is 0 Å². The summed E-state index contributed by atoms with van der Waals surface area (Å²) in [7, 11) is 0. The molecule has 16 heteroatoms. The van der Waals surface area contributed by atoms with Crippen molar-refractivity contribution in [2.75, 3.05) is 17.3 Å². The first-order chi connectivity index (χ1) is 16.4. The van der Waals surface area contributed by atoms with Crippen molar-refractivity contribution in [2.24, 2.45) is 5.10 Å². The molecule has 0 aliphatic carbocycles. The quantitative estimate of drug-likeness (QED) is 0.199. The molecule has 0 saturated carbocycles. The third-order valence-electron chi connectivity index (χ3n) is 3.65. The van der Waals surface area contributed by atoms with E-state index in [1.54, 1.807) is 6.07 Å². The van der Waals surface area contributed by atoms with Gasteiger partial charge in [0.1, 0.15) is 5.75 Å². The van der Waals surface area contributed by atoms with Gasteiger partial charge in [-0.3, -0.25) is 0 Å². The van der Waals surface area contributed by atoms with Crippen LogP contribution in [0.3, 0.4) is 0 Å². The van der Waals surface area contributed by atoms with Crippen molar-refractivity contribution in [3.05, 3.63) is 58.1 Å². The molecule has 3 aromatic rings. The Kier molecular flexibility index (Phi) is 8.07. The number of rotatable bonds is 8. The van der Waals surface area contributed by atoms with Crippen LogP contribution in [0.5, 0.6) is 11.8 Å². The maximum Gasteiger partial charge on any atom is 0.573 e. The number of halogens is 8. The monoisotopic (exact) mass is 540 g/mol. The zero-order valence-corrected chi connectivity index (χ0v) is 18.5. The number of ether oxygens (including phenoxy) is 2. The SMILES string of the molecule is FC(F)(F)COc1nc(N/N=C/c2ccc(Cl)c(Cl)c2)nc(Nc2ccc(OC(F)(F)F)cc2)n1. The normalized spacial score (nSPS) is 12.0. The summed E-state index contributed by atoms with van der Waals surface area (Å²) in [5.41, 5.74) is 3.14. The number of nitrogens with zero attached hydrogens (tertiary/aromatic N) is 4. The molecule has 8 nitrogen and oxygen atoms in total. The van der Waals surface area contributed by atoms with Crippen LogP contribution in [0, 0.1) is 0 Å². The van der Waals surface area contributed by atoms with Crippen molar-refractivity contribution in [2.45, 2.75) is 12.5 Å². The fraction of sp³-hybridized carbons (Fsp3) is 0.158. The van der Waals surface area contributed by atoms with Gasteiger partial charge in [-0.2, -0.15) is 33.2 Å². The van der Waals surface area contributed by atoms with Gasteiger partial charge in [0.05, 0.1) is 16.3 Å². The van der Waals surface area contributed by atoms with Crippen LogP contribution in [-0.4, -0.2) is 40.3 Å². The predicted molar refractivity (Wildman–Crippen MR) is 115 cm³/mol. The number of nitrogens with one attached hydrogen (secondary N) is 2. The Morgan fingerprint density at radius 1 is 0.886 bits per heavy atom. The summed E-state index contributed by atoms with van der Waals surface area (Å²) in [5, 5.41) is 7.08. The maximum absolute atomic E-state index is 12.5. The first-order valence-electron chi connectivity index (χ1n) is 9.19. The lowest BCUT2D eigenvalue weighted by Gasteiger charge is -2.12. The van der Waals surface area contributed by atoms with E-state index in [0.717, 1.165) is 12.1 Å². The Morgan fingerprint density at radius 2 is 1.57 bits per heavy atom. The second-order valence-corrected chi connectivity index (χ2v) is 7.22. The van der Waals surface area contributed by atoms with Crippen molar-refractivity contribution in [3.8, 4) is 11.8 Å². The summed E-state index contributed by atoms with van der Waals surface area (Å²) >= 11 is 11.7. The number of alkyl halides is 6. The minimum atomic E-state index is -4.87. The fourth-order valence-electron chi connectivity index (χ4n) is 2.30. The lowest BCUT2D eigenvalue weighted by molar-refractivity contribution is -0.274. The van der Waals surface area contributed by atoms with Crippen molar-refractivity contribution in [1.82, 2.24) is 15.0 Å². The molecule has 0 saturated heterocycles. The summed E-state index contributed by atoms with van der Waals surface area (Å²) in [6, 6.07) is 8.39. The molecule has 0 aliphatic heterocycles. The van der Waals surface area contributed by atoms with Crippen LogP contribution >= 0.6 is 23.2 Å². The average molecular weight is 541 g/mol. The molecule has 1 aromatic heterocycles. The Balaban J connectivity index is 1.78. The van der Waals surface area contributed by atoms with Crippen LogP contribution in [0.1, 0.15) is 5.56 Å². The highest BCUT2D eigenvalue weighted by atomic mass is 35.5. The number of hydrogen-bond acceptors (Lipinski definition) is 8.